The molecule has 0 bridgehead atoms. The zero-order valence-corrected chi connectivity index (χ0v) is 10.4. The number of hydrogen-bond acceptors (Lipinski definition) is 4. The van der Waals surface area contributed by atoms with E-state index in [4.69, 9.17) is 0 Å². The van der Waals surface area contributed by atoms with Crippen molar-refractivity contribution >= 4 is 5.78 Å². The van der Waals surface area contributed by atoms with Gasteiger partial charge >= 0.3 is 0 Å². The second-order valence-corrected chi connectivity index (χ2v) is 4.84. The van der Waals surface area contributed by atoms with E-state index in [1.165, 1.54) is 37.5 Å². The van der Waals surface area contributed by atoms with Crippen molar-refractivity contribution in [2.45, 2.75) is 38.1 Å². The van der Waals surface area contributed by atoms with Crippen LogP contribution in [0.4, 0.5) is 0 Å². The van der Waals surface area contributed by atoms with Crippen LogP contribution in [-0.2, 0) is 0 Å². The van der Waals surface area contributed by atoms with E-state index in [1.807, 2.05) is 0 Å². The fourth-order valence-corrected chi connectivity index (χ4v) is 2.34. The number of aromatic hydroxyl groups is 2. The molecule has 4 nitrogen and oxygen atoms in total. The lowest BCUT2D eigenvalue weighted by Gasteiger charge is -2.22. The van der Waals surface area contributed by atoms with E-state index in [0.29, 0.717) is 11.6 Å². The number of phenols is 2. The number of rotatable bonds is 4. The number of nitrogens with one attached hydrogen (secondary N) is 1. The van der Waals surface area contributed by atoms with Crippen molar-refractivity contribution in [1.82, 2.24) is 5.32 Å². The summed E-state index contributed by atoms with van der Waals surface area (Å²) in [6.45, 7) is 0.287. The van der Waals surface area contributed by atoms with Crippen molar-refractivity contribution in [3.8, 4) is 11.5 Å². The van der Waals surface area contributed by atoms with Crippen molar-refractivity contribution < 1.29 is 15.0 Å². The Balaban J connectivity index is 1.88. The normalized spacial score (nSPS) is 16.7. The molecule has 1 aromatic rings. The molecule has 18 heavy (non-hydrogen) atoms. The molecule has 1 aromatic carbocycles. The van der Waals surface area contributed by atoms with E-state index < -0.39 is 0 Å². The van der Waals surface area contributed by atoms with Gasteiger partial charge in [-0.1, -0.05) is 19.3 Å². The van der Waals surface area contributed by atoms with Gasteiger partial charge in [0.15, 0.2) is 17.3 Å². The van der Waals surface area contributed by atoms with Gasteiger partial charge in [0.05, 0.1) is 6.54 Å². The smallest absolute Gasteiger partial charge is 0.176 e. The summed E-state index contributed by atoms with van der Waals surface area (Å²) < 4.78 is 0. The first-order chi connectivity index (χ1) is 8.66. The second kappa shape index (κ2) is 5.87. The summed E-state index contributed by atoms with van der Waals surface area (Å²) in [6, 6.07) is 4.61. The van der Waals surface area contributed by atoms with Crippen LogP contribution in [0, 0.1) is 0 Å². The molecule has 0 atom stereocenters. The molecule has 0 aliphatic heterocycles. The van der Waals surface area contributed by atoms with Crippen LogP contribution in [0.1, 0.15) is 42.5 Å². The van der Waals surface area contributed by atoms with Gasteiger partial charge in [-0.2, -0.15) is 0 Å². The molecule has 98 valence electrons. The molecule has 0 unspecified atom stereocenters. The first kappa shape index (κ1) is 12.9. The molecule has 2 rings (SSSR count). The highest BCUT2D eigenvalue weighted by atomic mass is 16.3. The minimum Gasteiger partial charge on any atom is -0.504 e. The molecular formula is C14H19NO3. The molecule has 0 radical (unpaired) electrons. The zero-order valence-electron chi connectivity index (χ0n) is 10.4. The quantitative estimate of drug-likeness (QED) is 0.565. The van der Waals surface area contributed by atoms with E-state index in [-0.39, 0.29) is 23.8 Å². The molecule has 0 spiro atoms. The van der Waals surface area contributed by atoms with Crippen LogP contribution in [0.5, 0.6) is 11.5 Å². The number of Topliss-reactive ketones (excluding diaryl/α,β-unsaturated/α-hetero) is 1. The van der Waals surface area contributed by atoms with Crippen LogP contribution in [0.15, 0.2) is 18.2 Å². The summed E-state index contributed by atoms with van der Waals surface area (Å²) in [6.07, 6.45) is 6.01. The van der Waals surface area contributed by atoms with E-state index in [9.17, 15) is 15.0 Å². The highest BCUT2D eigenvalue weighted by molar-refractivity contribution is 5.98. The van der Waals surface area contributed by atoms with Crippen LogP contribution in [0.3, 0.4) is 0 Å². The number of carbonyl (C=O) groups excluding carboxylic acids is 1. The van der Waals surface area contributed by atoms with E-state index in [0.717, 1.165) is 12.8 Å². The number of carbonyl (C=O) groups is 1. The molecule has 1 fully saturated rings. The Morgan fingerprint density at radius 2 is 1.89 bits per heavy atom. The first-order valence-corrected chi connectivity index (χ1v) is 6.45. The number of phenolic OH excluding ortho intramolecular Hbond substituents is 2. The predicted octanol–water partition coefficient (Wildman–Crippen LogP) is 2.20. The van der Waals surface area contributed by atoms with Crippen LogP contribution in [-0.4, -0.2) is 28.6 Å². The molecule has 1 aliphatic rings. The highest BCUT2D eigenvalue weighted by Gasteiger charge is 2.15. The van der Waals surface area contributed by atoms with Crippen LogP contribution in [0.25, 0.3) is 0 Å². The molecule has 0 amide bonds. The predicted molar refractivity (Wildman–Crippen MR) is 69.0 cm³/mol. The molecule has 1 saturated carbocycles. The van der Waals surface area contributed by atoms with Crippen molar-refractivity contribution in [3.63, 3.8) is 0 Å². The van der Waals surface area contributed by atoms with Crippen LogP contribution < -0.4 is 5.32 Å². The third kappa shape index (κ3) is 3.23. The zero-order chi connectivity index (χ0) is 13.0. The van der Waals surface area contributed by atoms with Crippen LogP contribution >= 0.6 is 0 Å². The first-order valence-electron chi connectivity index (χ1n) is 6.45. The fraction of sp³-hybridized carbons (Fsp3) is 0.500. The second-order valence-electron chi connectivity index (χ2n) is 4.84. The Kier molecular flexibility index (Phi) is 4.20. The maximum atomic E-state index is 11.9. The maximum absolute atomic E-state index is 11.9. The molecule has 0 heterocycles. The van der Waals surface area contributed by atoms with Crippen molar-refractivity contribution in [2.75, 3.05) is 6.54 Å². The maximum Gasteiger partial charge on any atom is 0.176 e. The molecule has 0 aromatic heterocycles. The van der Waals surface area contributed by atoms with Gasteiger partial charge in [-0.05, 0) is 31.0 Å². The SMILES string of the molecule is O=C(CNC1CCCCC1)c1ccc(O)c(O)c1. The Bertz CT molecular complexity index is 425. The average molecular weight is 249 g/mol. The Morgan fingerprint density at radius 1 is 1.17 bits per heavy atom. The topological polar surface area (TPSA) is 69.6 Å². The van der Waals surface area contributed by atoms with Crippen molar-refractivity contribution in [3.05, 3.63) is 23.8 Å². The minimum atomic E-state index is -0.251. The summed E-state index contributed by atoms with van der Waals surface area (Å²) in [5.74, 6) is -0.513. The summed E-state index contributed by atoms with van der Waals surface area (Å²) in [5, 5.41) is 21.8. The van der Waals surface area contributed by atoms with Crippen molar-refractivity contribution in [2.24, 2.45) is 0 Å². The summed E-state index contributed by atoms with van der Waals surface area (Å²) in [4.78, 5) is 11.9. The number of benzene rings is 1. The van der Waals surface area contributed by atoms with Gasteiger partial charge in [0, 0.05) is 11.6 Å². The van der Waals surface area contributed by atoms with E-state index in [1.54, 1.807) is 0 Å². The average Bonchev–Trinajstić information content (AvgIpc) is 2.40. The third-order valence-electron chi connectivity index (χ3n) is 3.45. The van der Waals surface area contributed by atoms with Gasteiger partial charge in [-0.25, -0.2) is 0 Å². The van der Waals surface area contributed by atoms with E-state index in [2.05, 4.69) is 5.32 Å². The lowest BCUT2D eigenvalue weighted by molar-refractivity contribution is 0.0984. The van der Waals surface area contributed by atoms with Gasteiger partial charge in [0.1, 0.15) is 0 Å². The van der Waals surface area contributed by atoms with E-state index >= 15 is 0 Å². The lowest BCUT2D eigenvalue weighted by Crippen LogP contribution is -2.35. The number of ketones is 1. The molecule has 1 aliphatic carbocycles. The Labute approximate surface area is 107 Å². The van der Waals surface area contributed by atoms with Gasteiger partial charge in [-0.3, -0.25) is 4.79 Å². The number of hydrogen-bond donors (Lipinski definition) is 3. The lowest BCUT2D eigenvalue weighted by atomic mass is 9.95. The standard InChI is InChI=1S/C14H19NO3/c16-12-7-6-10(8-13(12)17)14(18)9-15-11-4-2-1-3-5-11/h6-8,11,15-17H,1-5,9H2. The monoisotopic (exact) mass is 249 g/mol. The van der Waals surface area contributed by atoms with Gasteiger partial charge in [0.2, 0.25) is 0 Å². The molecular weight excluding hydrogens is 230 g/mol. The summed E-state index contributed by atoms with van der Waals surface area (Å²) >= 11 is 0. The molecule has 4 heteroatoms. The minimum absolute atomic E-state index is 0.0594. The molecule has 0 saturated heterocycles. The van der Waals surface area contributed by atoms with Gasteiger partial charge < -0.3 is 15.5 Å². The summed E-state index contributed by atoms with van der Waals surface area (Å²) in [7, 11) is 0. The molecule has 3 N–H and O–H groups in total. The van der Waals surface area contributed by atoms with Gasteiger partial charge in [0.25, 0.3) is 0 Å². The highest BCUT2D eigenvalue weighted by Crippen LogP contribution is 2.25. The van der Waals surface area contributed by atoms with Crippen molar-refractivity contribution in [1.29, 1.82) is 0 Å². The Morgan fingerprint density at radius 3 is 2.56 bits per heavy atom. The van der Waals surface area contributed by atoms with Gasteiger partial charge in [-0.15, -0.1) is 0 Å². The third-order valence-corrected chi connectivity index (χ3v) is 3.45. The van der Waals surface area contributed by atoms with Crippen LogP contribution in [0.2, 0.25) is 0 Å². The Hall–Kier alpha value is -1.55. The fourth-order valence-electron chi connectivity index (χ4n) is 2.34. The largest absolute Gasteiger partial charge is 0.504 e. The summed E-state index contributed by atoms with van der Waals surface area (Å²) in [5.41, 5.74) is 0.425.